The Hall–Kier alpha value is -3.28. The third kappa shape index (κ3) is 4.03. The summed E-state index contributed by atoms with van der Waals surface area (Å²) in [6.45, 7) is 5.41. The molecule has 6 nitrogen and oxygen atoms in total. The Morgan fingerprint density at radius 3 is 2.81 bits per heavy atom. The Balaban J connectivity index is 1.74. The number of aryl methyl sites for hydroxylation is 2. The number of benzene rings is 2. The van der Waals surface area contributed by atoms with Crippen LogP contribution in [0.1, 0.15) is 16.7 Å². The average Bonchev–Trinajstić information content (AvgIpc) is 2.96. The second-order valence-corrected chi connectivity index (χ2v) is 6.12. The van der Waals surface area contributed by atoms with Gasteiger partial charge in [0, 0.05) is 22.7 Å². The minimum absolute atomic E-state index is 0.553. The summed E-state index contributed by atoms with van der Waals surface area (Å²) in [4.78, 5) is 10.8. The molecule has 26 heavy (non-hydrogen) atoms. The Bertz CT molecular complexity index is 960. The first kappa shape index (κ1) is 17.5. The van der Waals surface area contributed by atoms with Crippen molar-refractivity contribution in [2.75, 3.05) is 6.61 Å². The topological polar surface area (TPSA) is 81.6 Å². The summed E-state index contributed by atoms with van der Waals surface area (Å²) in [5.74, 6) is 0.872. The van der Waals surface area contributed by atoms with Crippen LogP contribution in [-0.4, -0.2) is 23.4 Å². The van der Waals surface area contributed by atoms with Crippen molar-refractivity contribution >= 4 is 23.1 Å². The van der Waals surface area contributed by atoms with Gasteiger partial charge in [-0.05, 0) is 43.2 Å². The van der Waals surface area contributed by atoms with Gasteiger partial charge in [-0.1, -0.05) is 24.3 Å². The minimum Gasteiger partial charge on any atom is -0.492 e. The van der Waals surface area contributed by atoms with Crippen molar-refractivity contribution in [2.45, 2.75) is 20.4 Å². The van der Waals surface area contributed by atoms with Gasteiger partial charge in [0.1, 0.15) is 12.4 Å². The van der Waals surface area contributed by atoms with E-state index in [1.54, 1.807) is 6.21 Å². The smallest absolute Gasteiger partial charge is 0.332 e. The van der Waals surface area contributed by atoms with Gasteiger partial charge in [-0.15, -0.1) is 0 Å². The van der Waals surface area contributed by atoms with Gasteiger partial charge in [0.05, 0.1) is 12.8 Å². The van der Waals surface area contributed by atoms with Crippen LogP contribution in [0.3, 0.4) is 0 Å². The van der Waals surface area contributed by atoms with Crippen LogP contribution in [0, 0.1) is 13.8 Å². The number of para-hydroxylation sites is 1. The van der Waals surface area contributed by atoms with Crippen molar-refractivity contribution in [1.29, 1.82) is 0 Å². The number of carbonyl (C=O) groups is 1. The zero-order valence-corrected chi connectivity index (χ0v) is 14.9. The van der Waals surface area contributed by atoms with E-state index < -0.39 is 6.03 Å². The second kappa shape index (κ2) is 7.74. The van der Waals surface area contributed by atoms with E-state index in [-0.39, 0.29) is 0 Å². The lowest BCUT2D eigenvalue weighted by Crippen LogP contribution is -2.24. The van der Waals surface area contributed by atoms with E-state index in [1.807, 2.05) is 36.5 Å². The molecule has 134 valence electrons. The summed E-state index contributed by atoms with van der Waals surface area (Å²) in [5, 5.41) is 4.91. The molecule has 0 saturated carbocycles. The molecule has 6 heteroatoms. The fraction of sp³-hybridized carbons (Fsp3) is 0.200. The molecule has 3 aromatic rings. The van der Waals surface area contributed by atoms with Gasteiger partial charge in [0.25, 0.3) is 0 Å². The first-order valence-electron chi connectivity index (χ1n) is 8.41. The molecule has 2 aromatic carbocycles. The number of amides is 2. The maximum atomic E-state index is 10.8. The van der Waals surface area contributed by atoms with Crippen LogP contribution in [0.25, 0.3) is 10.9 Å². The number of nitrogens with zero attached hydrogens (tertiary/aromatic N) is 2. The monoisotopic (exact) mass is 350 g/mol. The number of carbonyl (C=O) groups excluding carboxylic acids is 1. The third-order valence-corrected chi connectivity index (χ3v) is 4.28. The largest absolute Gasteiger partial charge is 0.492 e. The fourth-order valence-corrected chi connectivity index (χ4v) is 2.79. The first-order chi connectivity index (χ1) is 12.5. The Labute approximate surface area is 152 Å². The highest BCUT2D eigenvalue weighted by molar-refractivity contribution is 5.99. The SMILES string of the molecule is Cc1ccc(OCCn2cc(C=NNC(N)=O)c3ccccc32)cc1C. The average molecular weight is 350 g/mol. The molecule has 0 aliphatic carbocycles. The standard InChI is InChI=1S/C20H22N4O2/c1-14-7-8-17(11-15(14)2)26-10-9-24-13-16(12-22-23-20(21)25)18-5-3-4-6-19(18)24/h3-8,11-13H,9-10H2,1-2H3,(H3,21,23,25). The summed E-state index contributed by atoms with van der Waals surface area (Å²) in [6.07, 6.45) is 3.58. The highest BCUT2D eigenvalue weighted by Gasteiger charge is 2.07. The Morgan fingerprint density at radius 1 is 1.23 bits per heavy atom. The minimum atomic E-state index is -0.688. The van der Waals surface area contributed by atoms with Gasteiger partial charge < -0.3 is 15.0 Å². The fourth-order valence-electron chi connectivity index (χ4n) is 2.79. The molecule has 2 amide bonds. The van der Waals surface area contributed by atoms with E-state index in [2.05, 4.69) is 41.1 Å². The van der Waals surface area contributed by atoms with E-state index in [0.717, 1.165) is 22.2 Å². The molecule has 0 spiro atoms. The molecule has 0 aliphatic rings. The zero-order valence-electron chi connectivity index (χ0n) is 14.9. The van der Waals surface area contributed by atoms with Crippen molar-refractivity contribution in [3.8, 4) is 5.75 Å². The molecule has 3 rings (SSSR count). The zero-order chi connectivity index (χ0) is 18.5. The maximum absolute atomic E-state index is 10.8. The summed E-state index contributed by atoms with van der Waals surface area (Å²) >= 11 is 0. The molecule has 0 radical (unpaired) electrons. The molecule has 0 unspecified atom stereocenters. The van der Waals surface area contributed by atoms with Crippen molar-refractivity contribution in [3.63, 3.8) is 0 Å². The Kier molecular flexibility index (Phi) is 5.22. The van der Waals surface area contributed by atoms with Gasteiger partial charge in [-0.25, -0.2) is 10.2 Å². The van der Waals surface area contributed by atoms with Gasteiger partial charge in [0.2, 0.25) is 0 Å². The number of hydrogen-bond acceptors (Lipinski definition) is 3. The van der Waals surface area contributed by atoms with E-state index >= 15 is 0 Å². The number of nitrogens with two attached hydrogens (primary N) is 1. The van der Waals surface area contributed by atoms with E-state index in [1.165, 1.54) is 11.1 Å². The molecule has 0 fully saturated rings. The van der Waals surface area contributed by atoms with Crippen molar-refractivity contribution in [1.82, 2.24) is 9.99 Å². The van der Waals surface area contributed by atoms with Crippen LogP contribution >= 0.6 is 0 Å². The number of ether oxygens (including phenoxy) is 1. The molecular weight excluding hydrogens is 328 g/mol. The molecule has 0 atom stereocenters. The summed E-state index contributed by atoms with van der Waals surface area (Å²) < 4.78 is 8.00. The number of hydrogen-bond donors (Lipinski definition) is 2. The quantitative estimate of drug-likeness (QED) is 0.528. The van der Waals surface area contributed by atoms with E-state index in [4.69, 9.17) is 10.5 Å². The summed E-state index contributed by atoms with van der Waals surface area (Å²) in [7, 11) is 0. The predicted octanol–water partition coefficient (Wildman–Crippen LogP) is 3.34. The van der Waals surface area contributed by atoms with Gasteiger partial charge >= 0.3 is 6.03 Å². The van der Waals surface area contributed by atoms with Crippen molar-refractivity contribution < 1.29 is 9.53 Å². The Morgan fingerprint density at radius 2 is 2.04 bits per heavy atom. The third-order valence-electron chi connectivity index (χ3n) is 4.28. The van der Waals surface area contributed by atoms with E-state index in [0.29, 0.717) is 13.2 Å². The number of fused-ring (bicyclic) bond motifs is 1. The molecule has 3 N–H and O–H groups in total. The highest BCUT2D eigenvalue weighted by Crippen LogP contribution is 2.21. The lowest BCUT2D eigenvalue weighted by atomic mass is 10.1. The van der Waals surface area contributed by atoms with Gasteiger partial charge in [0.15, 0.2) is 0 Å². The predicted molar refractivity (Wildman–Crippen MR) is 104 cm³/mol. The number of aromatic nitrogens is 1. The van der Waals surface area contributed by atoms with Crippen LogP contribution in [0.4, 0.5) is 4.79 Å². The lowest BCUT2D eigenvalue weighted by molar-refractivity contribution is 0.249. The number of hydrazone groups is 1. The number of urea groups is 1. The van der Waals surface area contributed by atoms with E-state index in [9.17, 15) is 4.79 Å². The molecule has 0 bridgehead atoms. The maximum Gasteiger partial charge on any atom is 0.332 e. The molecule has 1 aromatic heterocycles. The number of primary amides is 1. The molecule has 0 saturated heterocycles. The second-order valence-electron chi connectivity index (χ2n) is 6.12. The van der Waals surface area contributed by atoms with Gasteiger partial charge in [-0.3, -0.25) is 0 Å². The van der Waals surface area contributed by atoms with Crippen LogP contribution < -0.4 is 15.9 Å². The molecular formula is C20H22N4O2. The number of nitrogens with one attached hydrogen (secondary N) is 1. The number of rotatable bonds is 6. The normalized spacial score (nSPS) is 11.2. The van der Waals surface area contributed by atoms with Crippen LogP contribution in [0.2, 0.25) is 0 Å². The lowest BCUT2D eigenvalue weighted by Gasteiger charge is -2.10. The van der Waals surface area contributed by atoms with Gasteiger partial charge in [-0.2, -0.15) is 5.10 Å². The van der Waals surface area contributed by atoms with Crippen LogP contribution in [-0.2, 0) is 6.54 Å². The molecule has 1 heterocycles. The first-order valence-corrected chi connectivity index (χ1v) is 8.41. The van der Waals surface area contributed by atoms with Crippen LogP contribution in [0.5, 0.6) is 5.75 Å². The van der Waals surface area contributed by atoms with Crippen LogP contribution in [0.15, 0.2) is 53.8 Å². The molecule has 0 aliphatic heterocycles. The summed E-state index contributed by atoms with van der Waals surface area (Å²) in [6, 6.07) is 13.4. The van der Waals surface area contributed by atoms with Crippen molar-refractivity contribution in [3.05, 3.63) is 65.4 Å². The van der Waals surface area contributed by atoms with Crippen molar-refractivity contribution in [2.24, 2.45) is 10.8 Å². The highest BCUT2D eigenvalue weighted by atomic mass is 16.5. The summed E-state index contributed by atoms with van der Waals surface area (Å²) in [5.41, 5.74) is 11.7.